The van der Waals surface area contributed by atoms with Crippen LogP contribution in [0.1, 0.15) is 93.4 Å². The van der Waals surface area contributed by atoms with Gasteiger partial charge in [-0.3, -0.25) is 9.59 Å². The topological polar surface area (TPSA) is 70.7 Å². The number of rotatable bonds is 14. The van der Waals surface area contributed by atoms with E-state index < -0.39 is 0 Å². The van der Waals surface area contributed by atoms with Gasteiger partial charge in [-0.05, 0) is 99.5 Å². The van der Waals surface area contributed by atoms with E-state index in [4.69, 9.17) is 16.3 Å². The molecule has 308 valence electrons. The molecule has 4 aromatic carbocycles. The van der Waals surface area contributed by atoms with Gasteiger partial charge >= 0.3 is 0 Å². The number of hydrogen-bond donors (Lipinski definition) is 2. The molecule has 4 aromatic rings. The van der Waals surface area contributed by atoms with E-state index in [1.807, 2.05) is 124 Å². The average Bonchev–Trinajstić information content (AvgIpc) is 3.47. The Morgan fingerprint density at radius 3 is 1.98 bits per heavy atom. The number of allylic oxidation sites excluding steroid dienone is 6. The third-order valence-corrected chi connectivity index (χ3v) is 10.0. The smallest absolute Gasteiger partial charge is 0.251 e. The molecule has 2 unspecified atom stereocenters. The van der Waals surface area contributed by atoms with E-state index >= 15 is 0 Å². The minimum Gasteiger partial charge on any atom is -0.374 e. The van der Waals surface area contributed by atoms with Gasteiger partial charge in [-0.2, -0.15) is 0 Å². The second-order valence-corrected chi connectivity index (χ2v) is 14.5. The second-order valence-electron chi connectivity index (χ2n) is 14.1. The Kier molecular flexibility index (Phi) is 21.9. The van der Waals surface area contributed by atoms with Gasteiger partial charge in [-0.15, -0.1) is 0 Å². The fraction of sp³-hybridized carbons (Fsp3) is 0.333. The molecule has 1 heterocycles. The normalized spacial score (nSPS) is 15.6. The monoisotopic (exact) mass is 801 g/mol. The number of hydrogen-bond acceptors (Lipinski definition) is 4. The van der Waals surface area contributed by atoms with Crippen molar-refractivity contribution in [3.63, 3.8) is 0 Å². The second kappa shape index (κ2) is 26.8. The number of ether oxygens (including phenoxy) is 1. The van der Waals surface area contributed by atoms with Crippen molar-refractivity contribution in [2.75, 3.05) is 26.2 Å². The summed E-state index contributed by atoms with van der Waals surface area (Å²) >= 11 is 6.45. The molecular formula is C51H64ClN3O3. The summed E-state index contributed by atoms with van der Waals surface area (Å²) in [6.45, 7) is 16.7. The molecule has 0 aromatic heterocycles. The van der Waals surface area contributed by atoms with Crippen LogP contribution in [0.25, 0.3) is 5.57 Å². The largest absolute Gasteiger partial charge is 0.374 e. The third-order valence-electron chi connectivity index (χ3n) is 9.58. The molecule has 0 spiro atoms. The number of amides is 2. The number of aryl methyl sites for hydroxylation is 1. The molecular weight excluding hydrogens is 738 g/mol. The number of carbonyl (C=O) groups excluding carboxylic acids is 2. The lowest BCUT2D eigenvalue weighted by Gasteiger charge is -2.30. The van der Waals surface area contributed by atoms with Gasteiger partial charge < -0.3 is 20.3 Å². The van der Waals surface area contributed by atoms with Crippen molar-refractivity contribution in [1.82, 2.24) is 15.5 Å². The van der Waals surface area contributed by atoms with Crippen molar-refractivity contribution in [1.29, 1.82) is 0 Å². The highest BCUT2D eigenvalue weighted by Crippen LogP contribution is 2.25. The Morgan fingerprint density at radius 2 is 1.41 bits per heavy atom. The average molecular weight is 803 g/mol. The van der Waals surface area contributed by atoms with Gasteiger partial charge in [-0.1, -0.05) is 159 Å². The number of halogens is 1. The fourth-order valence-electron chi connectivity index (χ4n) is 6.50. The Bertz CT molecular complexity index is 1920. The van der Waals surface area contributed by atoms with Crippen molar-refractivity contribution < 1.29 is 14.3 Å². The molecule has 1 fully saturated rings. The van der Waals surface area contributed by atoms with Gasteiger partial charge in [0.2, 0.25) is 5.91 Å². The third kappa shape index (κ3) is 16.1. The lowest BCUT2D eigenvalue weighted by atomic mass is 9.96. The predicted octanol–water partition coefficient (Wildman–Crippen LogP) is 11.5. The van der Waals surface area contributed by atoms with Crippen LogP contribution in [0.3, 0.4) is 0 Å². The van der Waals surface area contributed by atoms with Crippen LogP contribution < -0.4 is 10.6 Å². The van der Waals surface area contributed by atoms with Crippen LogP contribution in [0.5, 0.6) is 0 Å². The van der Waals surface area contributed by atoms with E-state index in [0.29, 0.717) is 36.7 Å². The molecule has 6 nitrogen and oxygen atoms in total. The number of nitrogens with zero attached hydrogens (tertiary/aromatic N) is 1. The van der Waals surface area contributed by atoms with E-state index in [1.165, 1.54) is 11.1 Å². The molecule has 0 radical (unpaired) electrons. The van der Waals surface area contributed by atoms with Crippen molar-refractivity contribution >= 4 is 29.0 Å². The first kappa shape index (κ1) is 47.4. The first-order valence-electron chi connectivity index (χ1n) is 20.7. The highest BCUT2D eigenvalue weighted by Gasteiger charge is 2.29. The summed E-state index contributed by atoms with van der Waals surface area (Å²) < 4.78 is 6.22. The molecule has 0 saturated carbocycles. The van der Waals surface area contributed by atoms with Crippen LogP contribution in [-0.2, 0) is 16.1 Å². The summed E-state index contributed by atoms with van der Waals surface area (Å²) in [5, 5.41) is 7.19. The molecule has 0 aliphatic carbocycles. The molecule has 0 bridgehead atoms. The number of carbonyl (C=O) groups is 2. The van der Waals surface area contributed by atoms with Crippen molar-refractivity contribution in [2.45, 2.75) is 86.4 Å². The maximum absolute atomic E-state index is 13.8. The molecule has 1 aliphatic heterocycles. The first-order chi connectivity index (χ1) is 28.2. The highest BCUT2D eigenvalue weighted by molar-refractivity contribution is 6.32. The minimum absolute atomic E-state index is 0.0176. The van der Waals surface area contributed by atoms with Crippen LogP contribution in [0.2, 0.25) is 0 Å². The van der Waals surface area contributed by atoms with E-state index in [-0.39, 0.29) is 24.0 Å². The summed E-state index contributed by atoms with van der Waals surface area (Å²) in [7, 11) is 0. The summed E-state index contributed by atoms with van der Waals surface area (Å²) in [5.74, 6) is -0.270. The maximum Gasteiger partial charge on any atom is 0.251 e. The van der Waals surface area contributed by atoms with Crippen molar-refractivity contribution in [3.8, 4) is 0 Å². The molecule has 5 rings (SSSR count). The Morgan fingerprint density at radius 1 is 0.828 bits per heavy atom. The zero-order valence-electron chi connectivity index (χ0n) is 35.6. The van der Waals surface area contributed by atoms with Gasteiger partial charge in [-0.25, -0.2) is 0 Å². The van der Waals surface area contributed by atoms with E-state index in [9.17, 15) is 9.59 Å². The molecule has 2 amide bonds. The molecule has 2 atom stereocenters. The summed E-state index contributed by atoms with van der Waals surface area (Å²) in [6.07, 6.45) is 9.50. The van der Waals surface area contributed by atoms with Gasteiger partial charge in [0.1, 0.15) is 0 Å². The van der Waals surface area contributed by atoms with Crippen LogP contribution in [-0.4, -0.2) is 55.1 Å². The van der Waals surface area contributed by atoms with Gasteiger partial charge in [0.25, 0.3) is 5.91 Å². The van der Waals surface area contributed by atoms with Crippen LogP contribution in [0, 0.1) is 6.92 Å². The van der Waals surface area contributed by atoms with Crippen LogP contribution in [0.15, 0.2) is 156 Å². The zero-order valence-corrected chi connectivity index (χ0v) is 36.4. The lowest BCUT2D eigenvalue weighted by Crippen LogP contribution is -2.46. The van der Waals surface area contributed by atoms with Crippen molar-refractivity contribution in [3.05, 3.63) is 184 Å². The van der Waals surface area contributed by atoms with E-state index in [2.05, 4.69) is 67.0 Å². The minimum atomic E-state index is -0.345. The van der Waals surface area contributed by atoms with Gasteiger partial charge in [0, 0.05) is 49.0 Å². The SMILES string of the molecule is C/C=C(/Cl)C(/C=C/C(=O)N1CC(CNC(=O)c2ccc(/C(=C/CC)c3ccccc3)cc2)OCCC1CCNCc1ccccc1)=C(C)C.CC.Cc1ccccc1. The van der Waals surface area contributed by atoms with Gasteiger partial charge in [0.15, 0.2) is 0 Å². The molecule has 1 saturated heterocycles. The quantitative estimate of drug-likeness (QED) is 0.0757. The Hall–Kier alpha value is -5.01. The Balaban J connectivity index is 0.000000890. The summed E-state index contributed by atoms with van der Waals surface area (Å²) in [4.78, 5) is 28.9. The Labute approximate surface area is 353 Å². The fourth-order valence-corrected chi connectivity index (χ4v) is 6.75. The number of benzene rings is 4. The number of nitrogens with one attached hydrogen (secondary N) is 2. The van der Waals surface area contributed by atoms with E-state index in [0.717, 1.165) is 53.8 Å². The first-order valence-corrected chi connectivity index (χ1v) is 21.1. The highest BCUT2D eigenvalue weighted by atomic mass is 35.5. The maximum atomic E-state index is 13.8. The standard InChI is InChI=1S/C42H50ClN3O3.C7H8.C2H6/c1-5-13-39(33-16-11-8-12-17-33)34-18-20-35(21-19-34)42(48)45-29-37-30-46(41(47)23-22-38(31(3)4)40(43)6-2)36(25-27-49-37)24-26-44-28-32-14-9-7-10-15-32;1-7-5-3-2-4-6-7;1-2/h6-23,36-37,44H,5,24-30H2,1-4H3,(H,45,48);2-6H,1H3;1-2H3/b23-22+,39-13+,40-6+;;. The lowest BCUT2D eigenvalue weighted by molar-refractivity contribution is -0.129. The molecule has 1 aliphatic rings. The zero-order chi connectivity index (χ0) is 42.1. The molecule has 7 heteroatoms. The molecule has 58 heavy (non-hydrogen) atoms. The van der Waals surface area contributed by atoms with Gasteiger partial charge in [0.05, 0.1) is 6.10 Å². The van der Waals surface area contributed by atoms with Crippen LogP contribution >= 0.6 is 11.6 Å². The van der Waals surface area contributed by atoms with E-state index in [1.54, 1.807) is 12.2 Å². The van der Waals surface area contributed by atoms with Crippen LogP contribution in [0.4, 0.5) is 0 Å². The summed E-state index contributed by atoms with van der Waals surface area (Å²) in [5.41, 5.74) is 8.34. The molecule has 2 N–H and O–H groups in total. The summed E-state index contributed by atoms with van der Waals surface area (Å²) in [6, 6.07) is 38.5. The predicted molar refractivity (Wildman–Crippen MR) is 245 cm³/mol. The van der Waals surface area contributed by atoms with Crippen molar-refractivity contribution in [2.24, 2.45) is 0 Å².